The summed E-state index contributed by atoms with van der Waals surface area (Å²) in [5.74, 6) is 1.07. The maximum Gasteiger partial charge on any atom is 0.348 e. The molecule has 0 aliphatic heterocycles. The summed E-state index contributed by atoms with van der Waals surface area (Å²) in [6.07, 6.45) is 4.21. The topological polar surface area (TPSA) is 52.6 Å². The zero-order valence-electron chi connectivity index (χ0n) is 7.70. The van der Waals surface area contributed by atoms with Crippen molar-refractivity contribution in [3.8, 4) is 12.3 Å². The van der Waals surface area contributed by atoms with Gasteiger partial charge in [0.15, 0.2) is 12.7 Å². The van der Waals surface area contributed by atoms with Crippen molar-refractivity contribution in [3.63, 3.8) is 0 Å². The van der Waals surface area contributed by atoms with E-state index in [1.54, 1.807) is 6.92 Å². The fourth-order valence-corrected chi connectivity index (χ4v) is 0.559. The van der Waals surface area contributed by atoms with Gasteiger partial charge in [-0.1, -0.05) is 12.8 Å². The van der Waals surface area contributed by atoms with Crippen LogP contribution < -0.4 is 0 Å². The second-order valence-electron chi connectivity index (χ2n) is 2.30. The molecule has 1 unspecified atom stereocenters. The number of ether oxygens (including phenoxy) is 2. The molecular formula is C9H12O4. The van der Waals surface area contributed by atoms with Crippen molar-refractivity contribution in [2.75, 3.05) is 6.61 Å². The van der Waals surface area contributed by atoms with Crippen molar-refractivity contribution in [2.24, 2.45) is 0 Å². The minimum atomic E-state index is -0.888. The number of hydrogen-bond acceptors (Lipinski definition) is 4. The number of terminal acetylenes is 1. The van der Waals surface area contributed by atoms with Crippen molar-refractivity contribution in [2.45, 2.75) is 26.4 Å². The average molecular weight is 184 g/mol. The van der Waals surface area contributed by atoms with Crippen molar-refractivity contribution in [3.05, 3.63) is 0 Å². The van der Waals surface area contributed by atoms with Crippen LogP contribution >= 0.6 is 0 Å². The summed E-state index contributed by atoms with van der Waals surface area (Å²) < 4.78 is 9.22. The van der Waals surface area contributed by atoms with Crippen molar-refractivity contribution >= 4 is 11.9 Å². The molecule has 0 aromatic rings. The van der Waals surface area contributed by atoms with Crippen molar-refractivity contribution in [1.29, 1.82) is 0 Å². The Labute approximate surface area is 77.2 Å². The van der Waals surface area contributed by atoms with Gasteiger partial charge in [0.2, 0.25) is 0 Å². The molecular weight excluding hydrogens is 172 g/mol. The van der Waals surface area contributed by atoms with Gasteiger partial charge < -0.3 is 9.47 Å². The molecule has 1 atom stereocenters. The Hall–Kier alpha value is -1.50. The molecule has 0 saturated heterocycles. The van der Waals surface area contributed by atoms with Gasteiger partial charge in [-0.25, -0.2) is 4.79 Å². The molecule has 0 radical (unpaired) electrons. The Morgan fingerprint density at radius 1 is 1.54 bits per heavy atom. The SMILES string of the molecule is C#CCOC(=O)C(C)OC(=O)CC. The smallest absolute Gasteiger partial charge is 0.348 e. The maximum atomic E-state index is 11.0. The molecule has 72 valence electrons. The summed E-state index contributed by atoms with van der Waals surface area (Å²) in [6, 6.07) is 0. The molecule has 4 nitrogen and oxygen atoms in total. The molecule has 0 bridgehead atoms. The highest BCUT2D eigenvalue weighted by atomic mass is 16.6. The van der Waals surface area contributed by atoms with Crippen LogP contribution in [0.15, 0.2) is 0 Å². The van der Waals surface area contributed by atoms with E-state index >= 15 is 0 Å². The van der Waals surface area contributed by atoms with Gasteiger partial charge >= 0.3 is 11.9 Å². The first-order chi connectivity index (χ1) is 6.11. The molecule has 0 aliphatic rings. The van der Waals surface area contributed by atoms with Gasteiger partial charge in [-0.05, 0) is 6.92 Å². The van der Waals surface area contributed by atoms with Gasteiger partial charge in [-0.15, -0.1) is 6.42 Å². The highest BCUT2D eigenvalue weighted by Gasteiger charge is 2.17. The minimum Gasteiger partial charge on any atom is -0.451 e. The van der Waals surface area contributed by atoms with Crippen LogP contribution in [0.4, 0.5) is 0 Å². The Morgan fingerprint density at radius 3 is 2.62 bits per heavy atom. The molecule has 0 aliphatic carbocycles. The van der Waals surface area contributed by atoms with Crippen LogP contribution in [0.3, 0.4) is 0 Å². The van der Waals surface area contributed by atoms with E-state index < -0.39 is 18.0 Å². The Balaban J connectivity index is 3.83. The van der Waals surface area contributed by atoms with E-state index in [-0.39, 0.29) is 13.0 Å². The van der Waals surface area contributed by atoms with Gasteiger partial charge in [0, 0.05) is 6.42 Å². The van der Waals surface area contributed by atoms with Crippen molar-refractivity contribution in [1.82, 2.24) is 0 Å². The number of carbonyl (C=O) groups is 2. The molecule has 0 aromatic carbocycles. The van der Waals surface area contributed by atoms with E-state index in [9.17, 15) is 9.59 Å². The third-order valence-corrected chi connectivity index (χ3v) is 1.23. The molecule has 0 rings (SSSR count). The Bertz CT molecular complexity index is 226. The van der Waals surface area contributed by atoms with Crippen LogP contribution in [0.2, 0.25) is 0 Å². The van der Waals surface area contributed by atoms with Crippen LogP contribution in [0.1, 0.15) is 20.3 Å². The predicted molar refractivity (Wildman–Crippen MR) is 45.6 cm³/mol. The minimum absolute atomic E-state index is 0.104. The third-order valence-electron chi connectivity index (χ3n) is 1.23. The summed E-state index contributed by atoms with van der Waals surface area (Å²) in [5.41, 5.74) is 0. The van der Waals surface area contributed by atoms with Gasteiger partial charge in [-0.3, -0.25) is 4.79 Å². The third kappa shape index (κ3) is 4.86. The van der Waals surface area contributed by atoms with E-state index in [0.29, 0.717) is 0 Å². The molecule has 4 heteroatoms. The Kier molecular flexibility index (Phi) is 5.37. The molecule has 0 amide bonds. The lowest BCUT2D eigenvalue weighted by Gasteiger charge is -2.10. The molecule has 0 fully saturated rings. The lowest BCUT2D eigenvalue weighted by molar-refractivity contribution is -0.165. The fraction of sp³-hybridized carbons (Fsp3) is 0.556. The van der Waals surface area contributed by atoms with Gasteiger partial charge in [0.25, 0.3) is 0 Å². The van der Waals surface area contributed by atoms with Crippen LogP contribution in [0.25, 0.3) is 0 Å². The highest BCUT2D eigenvalue weighted by molar-refractivity contribution is 5.78. The van der Waals surface area contributed by atoms with E-state index in [1.165, 1.54) is 6.92 Å². The average Bonchev–Trinajstić information content (AvgIpc) is 2.13. The van der Waals surface area contributed by atoms with Crippen LogP contribution in [-0.4, -0.2) is 24.6 Å². The summed E-state index contributed by atoms with van der Waals surface area (Å²) >= 11 is 0. The summed E-state index contributed by atoms with van der Waals surface area (Å²) in [4.78, 5) is 21.7. The molecule has 13 heavy (non-hydrogen) atoms. The van der Waals surface area contributed by atoms with Crippen molar-refractivity contribution < 1.29 is 19.1 Å². The van der Waals surface area contributed by atoms with Gasteiger partial charge in [0.05, 0.1) is 0 Å². The van der Waals surface area contributed by atoms with E-state index in [1.807, 2.05) is 0 Å². The number of esters is 2. The standard InChI is InChI=1S/C9H12O4/c1-4-6-12-9(11)7(3)13-8(10)5-2/h1,7H,5-6H2,2-3H3. The summed E-state index contributed by atoms with van der Waals surface area (Å²) in [7, 11) is 0. The van der Waals surface area contributed by atoms with Gasteiger partial charge in [-0.2, -0.15) is 0 Å². The largest absolute Gasteiger partial charge is 0.451 e. The van der Waals surface area contributed by atoms with Crippen LogP contribution in [-0.2, 0) is 19.1 Å². The second-order valence-corrected chi connectivity index (χ2v) is 2.30. The first kappa shape index (κ1) is 11.5. The van der Waals surface area contributed by atoms with Gasteiger partial charge in [0.1, 0.15) is 0 Å². The normalized spacial score (nSPS) is 11.2. The number of rotatable bonds is 4. The fourth-order valence-electron chi connectivity index (χ4n) is 0.559. The molecule has 0 heterocycles. The summed E-state index contributed by atoms with van der Waals surface area (Å²) in [6.45, 7) is 2.97. The lowest BCUT2D eigenvalue weighted by atomic mass is 10.4. The quantitative estimate of drug-likeness (QED) is 0.471. The maximum absolute atomic E-state index is 11.0. The summed E-state index contributed by atoms with van der Waals surface area (Å²) in [5, 5.41) is 0. The number of hydrogen-bond donors (Lipinski definition) is 0. The zero-order valence-corrected chi connectivity index (χ0v) is 7.70. The predicted octanol–water partition coefficient (Wildman–Crippen LogP) is 0.504. The van der Waals surface area contributed by atoms with Crippen LogP contribution in [0, 0.1) is 12.3 Å². The Morgan fingerprint density at radius 2 is 2.15 bits per heavy atom. The van der Waals surface area contributed by atoms with E-state index in [2.05, 4.69) is 15.4 Å². The second kappa shape index (κ2) is 6.06. The van der Waals surface area contributed by atoms with E-state index in [0.717, 1.165) is 0 Å². The lowest BCUT2D eigenvalue weighted by Crippen LogP contribution is -2.26. The first-order valence-corrected chi connectivity index (χ1v) is 3.91. The highest BCUT2D eigenvalue weighted by Crippen LogP contribution is 1.96. The molecule has 0 aromatic heterocycles. The molecule has 0 spiro atoms. The molecule has 0 N–H and O–H groups in total. The van der Waals surface area contributed by atoms with Crippen LogP contribution in [0.5, 0.6) is 0 Å². The first-order valence-electron chi connectivity index (χ1n) is 3.91. The zero-order chi connectivity index (χ0) is 10.3. The van der Waals surface area contributed by atoms with E-state index in [4.69, 9.17) is 6.42 Å². The number of carbonyl (C=O) groups excluding carboxylic acids is 2. The monoisotopic (exact) mass is 184 g/mol. The molecule has 0 saturated carbocycles.